The van der Waals surface area contributed by atoms with Crippen molar-refractivity contribution in [3.05, 3.63) is 59.2 Å². The van der Waals surface area contributed by atoms with E-state index in [1.807, 2.05) is 6.07 Å². The van der Waals surface area contributed by atoms with Crippen molar-refractivity contribution in [2.75, 3.05) is 18.4 Å². The predicted octanol–water partition coefficient (Wildman–Crippen LogP) is 5.00. The smallest absolute Gasteiger partial charge is 0.221 e. The number of hydrogen-bond acceptors (Lipinski definition) is 3. The molecule has 2 aliphatic rings. The summed E-state index contributed by atoms with van der Waals surface area (Å²) in [7, 11) is 0. The molecule has 1 atom stereocenters. The molecule has 4 heteroatoms. The number of aromatic hydroxyl groups is 1. The van der Waals surface area contributed by atoms with Gasteiger partial charge in [-0.25, -0.2) is 0 Å². The van der Waals surface area contributed by atoms with E-state index in [9.17, 15) is 9.90 Å². The van der Waals surface area contributed by atoms with E-state index in [1.165, 1.54) is 30.9 Å². The molecule has 2 aromatic carbocycles. The van der Waals surface area contributed by atoms with Gasteiger partial charge < -0.3 is 10.4 Å². The Bertz CT molecular complexity index is 828. The summed E-state index contributed by atoms with van der Waals surface area (Å²) < 4.78 is 0. The summed E-state index contributed by atoms with van der Waals surface area (Å²) in [5, 5.41) is 13.8. The third-order valence-electron chi connectivity index (χ3n) is 6.29. The first-order valence-corrected chi connectivity index (χ1v) is 10.5. The molecule has 2 N–H and O–H groups in total. The van der Waals surface area contributed by atoms with Crippen LogP contribution in [0, 0.1) is 0 Å². The maximum atomic E-state index is 11.5. The summed E-state index contributed by atoms with van der Waals surface area (Å²) in [6, 6.07) is 14.7. The van der Waals surface area contributed by atoms with E-state index in [0.717, 1.165) is 44.5 Å². The van der Waals surface area contributed by atoms with E-state index >= 15 is 0 Å². The maximum Gasteiger partial charge on any atom is 0.221 e. The molecule has 1 aliphatic carbocycles. The number of anilines is 1. The summed E-state index contributed by atoms with van der Waals surface area (Å²) >= 11 is 0. The molecule has 2 fully saturated rings. The number of amides is 1. The Morgan fingerprint density at radius 3 is 2.54 bits per heavy atom. The fraction of sp³-hybridized carbons (Fsp3) is 0.458. The predicted molar refractivity (Wildman–Crippen MR) is 113 cm³/mol. The van der Waals surface area contributed by atoms with Gasteiger partial charge in [-0.15, -0.1) is 0 Å². The Labute approximate surface area is 167 Å². The van der Waals surface area contributed by atoms with Gasteiger partial charge in [0, 0.05) is 25.6 Å². The third-order valence-corrected chi connectivity index (χ3v) is 6.29. The molecular formula is C24H30N2O2. The van der Waals surface area contributed by atoms with Gasteiger partial charge in [0.15, 0.2) is 0 Å². The lowest BCUT2D eigenvalue weighted by Crippen LogP contribution is -2.20. The van der Waals surface area contributed by atoms with Crippen molar-refractivity contribution in [2.45, 2.75) is 57.4 Å². The highest BCUT2D eigenvalue weighted by atomic mass is 16.3. The highest BCUT2D eigenvalue weighted by molar-refractivity contribution is 5.90. The van der Waals surface area contributed by atoms with Gasteiger partial charge in [-0.2, -0.15) is 0 Å². The lowest BCUT2D eigenvalue weighted by atomic mass is 9.85. The van der Waals surface area contributed by atoms with Crippen molar-refractivity contribution >= 4 is 11.6 Å². The molecular weight excluding hydrogens is 348 g/mol. The zero-order valence-electron chi connectivity index (χ0n) is 16.7. The van der Waals surface area contributed by atoms with Crippen LogP contribution in [0.4, 0.5) is 5.69 Å². The molecule has 1 aliphatic heterocycles. The number of benzene rings is 2. The van der Waals surface area contributed by atoms with Gasteiger partial charge >= 0.3 is 0 Å². The average Bonchev–Trinajstić information content (AvgIpc) is 3.36. The molecule has 4 rings (SSSR count). The van der Waals surface area contributed by atoms with E-state index in [4.69, 9.17) is 0 Å². The molecule has 0 spiro atoms. The number of hydrogen-bond donors (Lipinski definition) is 2. The van der Waals surface area contributed by atoms with Gasteiger partial charge in [0.1, 0.15) is 5.75 Å². The highest BCUT2D eigenvalue weighted by Crippen LogP contribution is 2.46. The summed E-state index contributed by atoms with van der Waals surface area (Å²) in [6.07, 6.45) is 5.82. The van der Waals surface area contributed by atoms with Gasteiger partial charge in [-0.3, -0.25) is 9.69 Å². The van der Waals surface area contributed by atoms with Crippen LogP contribution in [0.5, 0.6) is 5.75 Å². The first-order chi connectivity index (χ1) is 13.6. The Kier molecular flexibility index (Phi) is 5.67. The maximum absolute atomic E-state index is 11.5. The van der Waals surface area contributed by atoms with Gasteiger partial charge in [0.2, 0.25) is 5.91 Å². The first-order valence-electron chi connectivity index (χ1n) is 10.5. The molecule has 1 heterocycles. The fourth-order valence-corrected chi connectivity index (χ4v) is 4.99. The van der Waals surface area contributed by atoms with Crippen LogP contribution in [-0.2, 0) is 11.3 Å². The molecule has 1 saturated carbocycles. The van der Waals surface area contributed by atoms with E-state index in [1.54, 1.807) is 0 Å². The number of nitrogens with one attached hydrogen (secondary N) is 1. The number of phenols is 1. The van der Waals surface area contributed by atoms with E-state index in [2.05, 4.69) is 46.6 Å². The Hall–Kier alpha value is -2.33. The van der Waals surface area contributed by atoms with Crippen LogP contribution in [-0.4, -0.2) is 29.0 Å². The van der Waals surface area contributed by atoms with Crippen molar-refractivity contribution < 1.29 is 9.90 Å². The SMILES string of the molecule is CC(=O)Nc1ccc([C@@H]2CCN(Cc3ccccc3)C2)c(C2CCCC2)c1O. The summed E-state index contributed by atoms with van der Waals surface area (Å²) in [5.41, 5.74) is 4.28. The second-order valence-electron chi connectivity index (χ2n) is 8.33. The van der Waals surface area contributed by atoms with Gasteiger partial charge in [-0.05, 0) is 54.8 Å². The lowest BCUT2D eigenvalue weighted by molar-refractivity contribution is -0.114. The Morgan fingerprint density at radius 1 is 1.07 bits per heavy atom. The molecule has 0 bridgehead atoms. The van der Waals surface area contributed by atoms with Crippen LogP contribution in [0.3, 0.4) is 0 Å². The average molecular weight is 379 g/mol. The van der Waals surface area contributed by atoms with Crippen molar-refractivity contribution in [3.8, 4) is 5.75 Å². The third kappa shape index (κ3) is 4.07. The zero-order valence-corrected chi connectivity index (χ0v) is 16.7. The second kappa shape index (κ2) is 8.36. The van der Waals surface area contributed by atoms with Crippen LogP contribution in [0.2, 0.25) is 0 Å². The molecule has 0 radical (unpaired) electrons. The van der Waals surface area contributed by atoms with Crippen LogP contribution < -0.4 is 5.32 Å². The van der Waals surface area contributed by atoms with Crippen molar-refractivity contribution in [2.24, 2.45) is 0 Å². The summed E-state index contributed by atoms with van der Waals surface area (Å²) in [6.45, 7) is 4.57. The highest BCUT2D eigenvalue weighted by Gasteiger charge is 2.31. The largest absolute Gasteiger partial charge is 0.505 e. The van der Waals surface area contributed by atoms with Gasteiger partial charge in [-0.1, -0.05) is 49.2 Å². The van der Waals surface area contributed by atoms with Crippen molar-refractivity contribution in [1.29, 1.82) is 0 Å². The number of carbonyl (C=O) groups is 1. The number of carbonyl (C=O) groups excluding carboxylic acids is 1. The fourth-order valence-electron chi connectivity index (χ4n) is 4.99. The van der Waals surface area contributed by atoms with E-state index in [0.29, 0.717) is 23.3 Å². The molecule has 1 amide bonds. The van der Waals surface area contributed by atoms with Crippen LogP contribution in [0.1, 0.15) is 67.6 Å². The van der Waals surface area contributed by atoms with Crippen LogP contribution in [0.15, 0.2) is 42.5 Å². The van der Waals surface area contributed by atoms with E-state index in [-0.39, 0.29) is 5.91 Å². The van der Waals surface area contributed by atoms with Gasteiger partial charge in [0.05, 0.1) is 5.69 Å². The summed E-state index contributed by atoms with van der Waals surface area (Å²) in [5.74, 6) is 1.000. The van der Waals surface area contributed by atoms with Crippen molar-refractivity contribution in [1.82, 2.24) is 4.90 Å². The Morgan fingerprint density at radius 2 is 1.82 bits per heavy atom. The number of rotatable bonds is 5. The lowest BCUT2D eigenvalue weighted by Gasteiger charge is -2.23. The minimum absolute atomic E-state index is 0.143. The molecule has 0 unspecified atom stereocenters. The second-order valence-corrected chi connectivity index (χ2v) is 8.33. The molecule has 0 aromatic heterocycles. The van der Waals surface area contributed by atoms with E-state index < -0.39 is 0 Å². The molecule has 1 saturated heterocycles. The van der Waals surface area contributed by atoms with Crippen LogP contribution >= 0.6 is 0 Å². The zero-order chi connectivity index (χ0) is 19.5. The van der Waals surface area contributed by atoms with Crippen molar-refractivity contribution in [3.63, 3.8) is 0 Å². The summed E-state index contributed by atoms with van der Waals surface area (Å²) in [4.78, 5) is 14.0. The topological polar surface area (TPSA) is 52.6 Å². The molecule has 28 heavy (non-hydrogen) atoms. The minimum atomic E-state index is -0.143. The number of nitrogens with zero attached hydrogens (tertiary/aromatic N) is 1. The standard InChI is InChI=1S/C24H30N2O2/c1-17(27)25-22-12-11-21(23(24(22)28)19-9-5-6-10-19)20-13-14-26(16-20)15-18-7-3-2-4-8-18/h2-4,7-8,11-12,19-20,28H,5-6,9-10,13-16H2,1H3,(H,25,27)/t20-/m1/s1. The van der Waals surface area contributed by atoms with Gasteiger partial charge in [0.25, 0.3) is 0 Å². The molecule has 2 aromatic rings. The number of phenolic OH excluding ortho intramolecular Hbond substituents is 1. The first kappa shape index (κ1) is 19.0. The molecule has 148 valence electrons. The minimum Gasteiger partial charge on any atom is -0.505 e. The molecule has 4 nitrogen and oxygen atoms in total. The van der Waals surface area contributed by atoms with Crippen LogP contribution in [0.25, 0.3) is 0 Å². The monoisotopic (exact) mass is 378 g/mol. The normalized spacial score (nSPS) is 20.5. The number of likely N-dealkylation sites (tertiary alicyclic amines) is 1. The Balaban J connectivity index is 1.58. The quantitative estimate of drug-likeness (QED) is 0.720.